The maximum absolute atomic E-state index is 12.3. The fourth-order valence-electron chi connectivity index (χ4n) is 12.7. The summed E-state index contributed by atoms with van der Waals surface area (Å²) < 4.78 is 9.81. The minimum absolute atomic E-state index is 0. The number of hydrogen-bond acceptors (Lipinski definition) is 9. The van der Waals surface area contributed by atoms with Crippen LogP contribution < -0.4 is 25.9 Å². The van der Waals surface area contributed by atoms with Gasteiger partial charge >= 0.3 is 14.2 Å². The standard InChI is InChI=1S/C72H85B2N5O6.HI/c1-9-43-78-65-32-17-13-28-61(65)71(5,6)67(78)40-38-56-25-20-26-57(39-41-68-72(7,8)62-29-14-18-33-66(62)79(68)44-10-2)69(56)85-60-27-19-22-55(46-60)49-77(51-59-24-12-16-31-64(59)74(83)84)48-54-36-34-53(35-37-54)47-76(45-21-42-75-70(80)52(3)4)50-58-23-11-15-30-63(58)73(81)82;/h11-19,22-24,27-41,46,81-84H,3,9-10,20-21,25-26,42-45,47-51H2,1-2,4-8H3;1H/p+1. The number of ether oxygens (including phenoxy) is 1. The molecule has 448 valence electrons. The molecule has 11 nitrogen and oxygen atoms in total. The second kappa shape index (κ2) is 29.9. The van der Waals surface area contributed by atoms with Gasteiger partial charge in [-0.2, -0.15) is 4.58 Å². The molecule has 5 N–H and O–H groups in total. The Bertz CT molecular complexity index is 3510. The Hall–Kier alpha value is -6.62. The predicted octanol–water partition coefficient (Wildman–Crippen LogP) is 11.8. The fraction of sp³-hybridized carbons (Fsp3) is 0.333. The molecule has 0 bridgehead atoms. The topological polar surface area (TPSA) is 132 Å². The van der Waals surface area contributed by atoms with Crippen LogP contribution in [0.2, 0.25) is 0 Å². The maximum Gasteiger partial charge on any atom is 0.488 e. The Balaban J connectivity index is 0.00000961. The predicted molar refractivity (Wildman–Crippen MR) is 364 cm³/mol. The molecule has 0 atom stereocenters. The average molecular weight is 1270 g/mol. The second-order valence-corrected chi connectivity index (χ2v) is 24.2. The molecule has 1 amide bonds. The summed E-state index contributed by atoms with van der Waals surface area (Å²) in [6.45, 7) is 25.0. The molecule has 6 aromatic rings. The number of halogens is 1. The van der Waals surface area contributed by atoms with Gasteiger partial charge in [-0.15, -0.1) is 24.0 Å². The van der Waals surface area contributed by atoms with Crippen molar-refractivity contribution >= 4 is 72.1 Å². The molecule has 86 heavy (non-hydrogen) atoms. The lowest BCUT2D eigenvalue weighted by Gasteiger charge is -2.27. The third-order valence-corrected chi connectivity index (χ3v) is 17.0. The normalized spacial score (nSPS) is 16.1. The van der Waals surface area contributed by atoms with E-state index in [9.17, 15) is 24.9 Å². The quantitative estimate of drug-likeness (QED) is 0.0118. The van der Waals surface area contributed by atoms with Gasteiger partial charge in [0.05, 0.1) is 5.41 Å². The summed E-state index contributed by atoms with van der Waals surface area (Å²) >= 11 is 0. The molecule has 0 aromatic heterocycles. The van der Waals surface area contributed by atoms with Crippen molar-refractivity contribution in [3.05, 3.63) is 244 Å². The zero-order valence-corrected chi connectivity index (χ0v) is 53.8. The molecule has 1 aliphatic carbocycles. The molecule has 3 aliphatic rings. The molecule has 9 rings (SSSR count). The van der Waals surface area contributed by atoms with E-state index in [1.54, 1.807) is 25.1 Å². The van der Waals surface area contributed by atoms with E-state index in [1.165, 1.54) is 45.1 Å². The van der Waals surface area contributed by atoms with Gasteiger partial charge in [-0.3, -0.25) is 14.6 Å². The molecule has 0 radical (unpaired) electrons. The minimum Gasteiger partial charge on any atom is -0.457 e. The van der Waals surface area contributed by atoms with E-state index >= 15 is 0 Å². The molecule has 0 fully saturated rings. The summed E-state index contributed by atoms with van der Waals surface area (Å²) in [5, 5.41) is 44.4. The van der Waals surface area contributed by atoms with E-state index in [1.807, 2.05) is 30.3 Å². The van der Waals surface area contributed by atoms with Crippen molar-refractivity contribution < 1.29 is 34.2 Å². The molecule has 0 spiro atoms. The highest BCUT2D eigenvalue weighted by molar-refractivity contribution is 14.0. The number of fused-ring (bicyclic) bond motifs is 2. The largest absolute Gasteiger partial charge is 0.488 e. The van der Waals surface area contributed by atoms with Crippen LogP contribution in [-0.2, 0) is 48.3 Å². The third kappa shape index (κ3) is 15.6. The Kier molecular flexibility index (Phi) is 22.7. The molecule has 0 saturated carbocycles. The molecule has 0 unspecified atom stereocenters. The smallest absolute Gasteiger partial charge is 0.457 e. The second-order valence-electron chi connectivity index (χ2n) is 24.2. The summed E-state index contributed by atoms with van der Waals surface area (Å²) in [6.07, 6.45) is 14.9. The van der Waals surface area contributed by atoms with Crippen LogP contribution in [0.4, 0.5) is 11.4 Å². The molecular weight excluding hydrogens is 1180 g/mol. The van der Waals surface area contributed by atoms with Crippen molar-refractivity contribution in [2.75, 3.05) is 31.1 Å². The Morgan fingerprint density at radius 3 is 1.94 bits per heavy atom. The Morgan fingerprint density at radius 2 is 1.29 bits per heavy atom. The summed E-state index contributed by atoms with van der Waals surface area (Å²) in [5.74, 6) is 1.48. The number of amides is 1. The number of allylic oxidation sites excluding steroid dienone is 7. The van der Waals surface area contributed by atoms with E-state index in [0.29, 0.717) is 68.7 Å². The van der Waals surface area contributed by atoms with Crippen LogP contribution in [-0.4, -0.2) is 86.5 Å². The summed E-state index contributed by atoms with van der Waals surface area (Å²) in [4.78, 5) is 19.4. The van der Waals surface area contributed by atoms with Crippen molar-refractivity contribution in [2.24, 2.45) is 0 Å². The molecule has 2 aliphatic heterocycles. The van der Waals surface area contributed by atoms with Gasteiger partial charge < -0.3 is 35.0 Å². The molecule has 2 heterocycles. The first-order valence-corrected chi connectivity index (χ1v) is 30.5. The zero-order chi connectivity index (χ0) is 60.3. The van der Waals surface area contributed by atoms with Gasteiger partial charge in [-0.25, -0.2) is 0 Å². The summed E-state index contributed by atoms with van der Waals surface area (Å²) in [5.41, 5.74) is 16.1. The molecule has 0 saturated heterocycles. The van der Waals surface area contributed by atoms with Gasteiger partial charge in [0.15, 0.2) is 5.71 Å². The number of nitrogens with one attached hydrogen (secondary N) is 1. The number of anilines is 1. The van der Waals surface area contributed by atoms with E-state index in [-0.39, 0.29) is 40.7 Å². The Morgan fingerprint density at radius 1 is 0.686 bits per heavy atom. The van der Waals surface area contributed by atoms with Crippen molar-refractivity contribution in [1.29, 1.82) is 0 Å². The first-order valence-electron chi connectivity index (χ1n) is 30.5. The number of rotatable bonds is 26. The highest BCUT2D eigenvalue weighted by Crippen LogP contribution is 2.48. The van der Waals surface area contributed by atoms with E-state index < -0.39 is 14.2 Å². The van der Waals surface area contributed by atoms with Gasteiger partial charge in [0.1, 0.15) is 18.1 Å². The van der Waals surface area contributed by atoms with Gasteiger partial charge in [0.25, 0.3) is 0 Å². The van der Waals surface area contributed by atoms with Gasteiger partial charge in [0, 0.05) is 98.9 Å². The van der Waals surface area contributed by atoms with E-state index in [0.717, 1.165) is 84.5 Å². The average Bonchev–Trinajstić information content (AvgIpc) is 2.10. The fourth-order valence-corrected chi connectivity index (χ4v) is 12.7. The van der Waals surface area contributed by atoms with Crippen molar-refractivity contribution in [1.82, 2.24) is 15.1 Å². The zero-order valence-electron chi connectivity index (χ0n) is 51.4. The highest BCUT2D eigenvalue weighted by Gasteiger charge is 2.44. The number of carbonyl (C=O) groups excluding carboxylic acids is 1. The maximum atomic E-state index is 12.3. The monoisotopic (exact) mass is 1270 g/mol. The highest BCUT2D eigenvalue weighted by atomic mass is 127. The van der Waals surface area contributed by atoms with Gasteiger partial charge in [0.2, 0.25) is 11.6 Å². The van der Waals surface area contributed by atoms with Crippen LogP contribution in [0.25, 0.3) is 0 Å². The number of hydrogen-bond donors (Lipinski definition) is 5. The van der Waals surface area contributed by atoms with Crippen LogP contribution in [0.1, 0.15) is 126 Å². The molecule has 6 aromatic carbocycles. The number of nitrogens with zero attached hydrogens (tertiary/aromatic N) is 4. The molecule has 14 heteroatoms. The van der Waals surface area contributed by atoms with Crippen LogP contribution in [0.15, 0.2) is 205 Å². The first kappa shape index (κ1) is 65.4. The van der Waals surface area contributed by atoms with Gasteiger partial charge in [-0.05, 0) is 139 Å². The van der Waals surface area contributed by atoms with E-state index in [2.05, 4.69) is 194 Å². The lowest BCUT2D eigenvalue weighted by atomic mass is 9.77. The first-order chi connectivity index (χ1) is 41.0. The number of carbonyl (C=O) groups is 1. The van der Waals surface area contributed by atoms with Crippen molar-refractivity contribution in [3.8, 4) is 5.75 Å². The summed E-state index contributed by atoms with van der Waals surface area (Å²) in [7, 11) is -3.22. The van der Waals surface area contributed by atoms with Crippen LogP contribution in [0.3, 0.4) is 0 Å². The minimum atomic E-state index is -1.62. The Labute approximate surface area is 529 Å². The number of para-hydroxylation sites is 2. The SMILES string of the molecule is C=C(C)C(=O)NCCCN(Cc1ccc(CN(Cc2cccc(OC3=C(/C=C/C4=[N+](CCC)c5ccccc5C4(C)C)CCC/C3=C\C=C3\N(CCC)c4ccccc4C3(C)C)c2)Cc2ccccc2B(O)O)cc1)Cc1ccccc1B(O)O.I. The molecular formula is C72H87B2IN5O6+. The van der Waals surface area contributed by atoms with Crippen LogP contribution in [0.5, 0.6) is 5.75 Å². The van der Waals surface area contributed by atoms with Crippen molar-refractivity contribution in [2.45, 2.75) is 131 Å². The van der Waals surface area contributed by atoms with E-state index in [4.69, 9.17) is 4.74 Å². The third-order valence-electron chi connectivity index (χ3n) is 17.0. The van der Waals surface area contributed by atoms with Crippen LogP contribution in [0, 0.1) is 0 Å². The van der Waals surface area contributed by atoms with Crippen LogP contribution >= 0.6 is 24.0 Å². The lowest BCUT2D eigenvalue weighted by Crippen LogP contribution is -2.36. The lowest BCUT2D eigenvalue weighted by molar-refractivity contribution is -0.437. The number of benzene rings is 6. The summed E-state index contributed by atoms with van der Waals surface area (Å²) in [6, 6.07) is 49.5. The van der Waals surface area contributed by atoms with Gasteiger partial charge in [-0.1, -0.05) is 162 Å². The van der Waals surface area contributed by atoms with Crippen molar-refractivity contribution in [3.63, 3.8) is 0 Å².